The molecule has 0 amide bonds. The van der Waals surface area contributed by atoms with E-state index >= 15 is 0 Å². The molecule has 1 unspecified atom stereocenters. The molecule has 26 heavy (non-hydrogen) atoms. The molecule has 0 saturated carbocycles. The molecule has 2 aromatic rings. The van der Waals surface area contributed by atoms with E-state index < -0.39 is 0 Å². The van der Waals surface area contributed by atoms with E-state index in [4.69, 9.17) is 14.2 Å². The smallest absolute Gasteiger partial charge is 0.316 e. The molecule has 1 aliphatic heterocycles. The number of aryl methyl sites for hydroxylation is 2. The molecule has 1 N–H and O–H groups in total. The molecular weight excluding hydrogens is 334 g/mol. The van der Waals surface area contributed by atoms with Gasteiger partial charge in [-0.1, -0.05) is 0 Å². The standard InChI is InChI=1S/C19H25N3O4/c1-2-24-19-20-11-14(12-21-19)6-7-15-9-16(23)10-18(22-15)26-13-17-5-3-4-8-25-17/h9-12,17H,2-8,13H2,1H3,(H,22,23). The minimum absolute atomic E-state index is 0.109. The van der Waals surface area contributed by atoms with Crippen molar-refractivity contribution in [2.24, 2.45) is 0 Å². The van der Waals surface area contributed by atoms with Crippen LogP contribution >= 0.6 is 0 Å². The summed E-state index contributed by atoms with van der Waals surface area (Å²) < 4.78 is 16.6. The van der Waals surface area contributed by atoms with Crippen molar-refractivity contribution in [3.05, 3.63) is 35.8 Å². The summed E-state index contributed by atoms with van der Waals surface area (Å²) in [4.78, 5) is 12.8. The van der Waals surface area contributed by atoms with Crippen molar-refractivity contribution in [1.29, 1.82) is 0 Å². The first kappa shape index (κ1) is 18.4. The highest BCUT2D eigenvalue weighted by molar-refractivity contribution is 5.29. The van der Waals surface area contributed by atoms with Crippen molar-refractivity contribution < 1.29 is 19.3 Å². The quantitative estimate of drug-likeness (QED) is 0.775. The molecule has 0 aliphatic carbocycles. The minimum Gasteiger partial charge on any atom is -0.508 e. The molecule has 3 heterocycles. The largest absolute Gasteiger partial charge is 0.508 e. The van der Waals surface area contributed by atoms with Crippen LogP contribution in [0.3, 0.4) is 0 Å². The Balaban J connectivity index is 1.54. The number of aromatic hydroxyl groups is 1. The maximum atomic E-state index is 9.93. The highest BCUT2D eigenvalue weighted by atomic mass is 16.5. The SMILES string of the molecule is CCOc1ncc(CCc2cc(O)cc(OCC3CCCCO3)n2)cn1. The van der Waals surface area contributed by atoms with Crippen molar-refractivity contribution in [1.82, 2.24) is 15.0 Å². The lowest BCUT2D eigenvalue weighted by atomic mass is 10.1. The fourth-order valence-electron chi connectivity index (χ4n) is 2.81. The molecule has 7 heteroatoms. The Labute approximate surface area is 153 Å². The van der Waals surface area contributed by atoms with Crippen LogP contribution in [-0.2, 0) is 17.6 Å². The molecule has 1 fully saturated rings. The van der Waals surface area contributed by atoms with Gasteiger partial charge in [-0.05, 0) is 44.6 Å². The van der Waals surface area contributed by atoms with Crippen LogP contribution in [0.1, 0.15) is 37.4 Å². The molecule has 3 rings (SSSR count). The normalized spacial score (nSPS) is 17.0. The number of hydrogen-bond acceptors (Lipinski definition) is 7. The van der Waals surface area contributed by atoms with Gasteiger partial charge >= 0.3 is 6.01 Å². The Kier molecular flexibility index (Phi) is 6.60. The molecular formula is C19H25N3O4. The van der Waals surface area contributed by atoms with Crippen molar-refractivity contribution in [2.75, 3.05) is 19.8 Å². The number of pyridine rings is 1. The average Bonchev–Trinajstić information content (AvgIpc) is 2.67. The van der Waals surface area contributed by atoms with Crippen molar-refractivity contribution in [2.45, 2.75) is 45.1 Å². The van der Waals surface area contributed by atoms with E-state index in [0.717, 1.165) is 37.1 Å². The van der Waals surface area contributed by atoms with Crippen LogP contribution < -0.4 is 9.47 Å². The van der Waals surface area contributed by atoms with Gasteiger partial charge in [0.15, 0.2) is 0 Å². The number of aromatic nitrogens is 3. The summed E-state index contributed by atoms with van der Waals surface area (Å²) in [5.74, 6) is 0.578. The molecule has 0 aromatic carbocycles. The van der Waals surface area contributed by atoms with Crippen LogP contribution in [0.5, 0.6) is 17.6 Å². The number of ether oxygens (including phenoxy) is 3. The lowest BCUT2D eigenvalue weighted by Crippen LogP contribution is -2.26. The molecule has 2 aromatic heterocycles. The van der Waals surface area contributed by atoms with E-state index in [1.165, 1.54) is 6.07 Å². The zero-order chi connectivity index (χ0) is 18.2. The van der Waals surface area contributed by atoms with Crippen LogP contribution in [0.2, 0.25) is 0 Å². The summed E-state index contributed by atoms with van der Waals surface area (Å²) in [5.41, 5.74) is 1.75. The van der Waals surface area contributed by atoms with E-state index in [9.17, 15) is 5.11 Å². The monoisotopic (exact) mass is 359 g/mol. The third-order valence-corrected chi connectivity index (χ3v) is 4.16. The lowest BCUT2D eigenvalue weighted by Gasteiger charge is -2.22. The average molecular weight is 359 g/mol. The van der Waals surface area contributed by atoms with Gasteiger partial charge in [0.05, 0.1) is 12.7 Å². The van der Waals surface area contributed by atoms with E-state index in [-0.39, 0.29) is 11.9 Å². The minimum atomic E-state index is 0.109. The van der Waals surface area contributed by atoms with E-state index in [1.54, 1.807) is 18.5 Å². The van der Waals surface area contributed by atoms with Gasteiger partial charge in [-0.25, -0.2) is 15.0 Å². The van der Waals surface area contributed by atoms with Gasteiger partial charge in [0, 0.05) is 36.8 Å². The molecule has 0 bridgehead atoms. The summed E-state index contributed by atoms with van der Waals surface area (Å²) in [6.07, 6.45) is 8.26. The van der Waals surface area contributed by atoms with E-state index in [0.29, 0.717) is 37.9 Å². The highest BCUT2D eigenvalue weighted by Crippen LogP contribution is 2.21. The second-order valence-corrected chi connectivity index (χ2v) is 6.26. The molecule has 0 spiro atoms. The molecule has 7 nitrogen and oxygen atoms in total. The van der Waals surface area contributed by atoms with Gasteiger partial charge in [0.2, 0.25) is 5.88 Å². The van der Waals surface area contributed by atoms with Gasteiger partial charge in [0.25, 0.3) is 0 Å². The summed E-state index contributed by atoms with van der Waals surface area (Å²) in [6.45, 7) is 3.69. The first-order valence-electron chi connectivity index (χ1n) is 9.11. The van der Waals surface area contributed by atoms with Crippen molar-refractivity contribution in [3.8, 4) is 17.6 Å². The highest BCUT2D eigenvalue weighted by Gasteiger charge is 2.15. The third kappa shape index (κ3) is 5.56. The first-order chi connectivity index (χ1) is 12.7. The number of nitrogens with zero attached hydrogens (tertiary/aromatic N) is 3. The Bertz CT molecular complexity index is 688. The Morgan fingerprint density at radius 1 is 1.15 bits per heavy atom. The zero-order valence-corrected chi connectivity index (χ0v) is 15.1. The van der Waals surface area contributed by atoms with Crippen LogP contribution in [-0.4, -0.2) is 46.0 Å². The molecule has 1 atom stereocenters. The van der Waals surface area contributed by atoms with Gasteiger partial charge in [0.1, 0.15) is 12.4 Å². The summed E-state index contributed by atoms with van der Waals surface area (Å²) in [7, 11) is 0. The fourth-order valence-corrected chi connectivity index (χ4v) is 2.81. The molecule has 1 aliphatic rings. The second-order valence-electron chi connectivity index (χ2n) is 6.26. The van der Waals surface area contributed by atoms with Crippen molar-refractivity contribution >= 4 is 0 Å². The predicted molar refractivity (Wildman–Crippen MR) is 95.6 cm³/mol. The lowest BCUT2D eigenvalue weighted by molar-refractivity contribution is -0.0120. The van der Waals surface area contributed by atoms with Gasteiger partial charge in [-0.15, -0.1) is 0 Å². The number of hydrogen-bond donors (Lipinski definition) is 1. The second kappa shape index (κ2) is 9.33. The van der Waals surface area contributed by atoms with E-state index in [2.05, 4.69) is 15.0 Å². The maximum Gasteiger partial charge on any atom is 0.316 e. The fraction of sp³-hybridized carbons (Fsp3) is 0.526. The Morgan fingerprint density at radius 3 is 2.73 bits per heavy atom. The molecule has 140 valence electrons. The van der Waals surface area contributed by atoms with Crippen LogP contribution in [0.15, 0.2) is 24.5 Å². The van der Waals surface area contributed by atoms with Gasteiger partial charge in [-0.2, -0.15) is 0 Å². The van der Waals surface area contributed by atoms with Crippen LogP contribution in [0.4, 0.5) is 0 Å². The zero-order valence-electron chi connectivity index (χ0n) is 15.1. The maximum absolute atomic E-state index is 9.93. The van der Waals surface area contributed by atoms with Gasteiger partial charge < -0.3 is 19.3 Å². The van der Waals surface area contributed by atoms with Crippen molar-refractivity contribution in [3.63, 3.8) is 0 Å². The number of rotatable bonds is 8. The topological polar surface area (TPSA) is 86.6 Å². The summed E-state index contributed by atoms with van der Waals surface area (Å²) in [5, 5.41) is 9.93. The predicted octanol–water partition coefficient (Wildman–Crippen LogP) is 2.71. The Morgan fingerprint density at radius 2 is 2.00 bits per heavy atom. The van der Waals surface area contributed by atoms with Gasteiger partial charge in [-0.3, -0.25) is 0 Å². The first-order valence-corrected chi connectivity index (χ1v) is 9.11. The summed E-state index contributed by atoms with van der Waals surface area (Å²) >= 11 is 0. The third-order valence-electron chi connectivity index (χ3n) is 4.16. The molecule has 0 radical (unpaired) electrons. The van der Waals surface area contributed by atoms with E-state index in [1.807, 2.05) is 6.92 Å². The molecule has 1 saturated heterocycles. The summed E-state index contributed by atoms with van der Waals surface area (Å²) in [6, 6.07) is 3.57. The Hall–Kier alpha value is -2.41. The van der Waals surface area contributed by atoms with Crippen LogP contribution in [0.25, 0.3) is 0 Å². The van der Waals surface area contributed by atoms with Crippen LogP contribution in [0, 0.1) is 0 Å².